The molecule has 0 radical (unpaired) electrons. The van der Waals surface area contributed by atoms with E-state index < -0.39 is 0 Å². The molecule has 9 nitrogen and oxygen atoms in total. The topological polar surface area (TPSA) is 90.0 Å². The maximum atomic E-state index is 13.2. The highest BCUT2D eigenvalue weighted by atomic mass is 16.7. The Morgan fingerprint density at radius 3 is 2.70 bits per heavy atom. The molecule has 3 aromatic rings. The van der Waals surface area contributed by atoms with Gasteiger partial charge in [0, 0.05) is 39.8 Å². The van der Waals surface area contributed by atoms with Gasteiger partial charge in [-0.3, -0.25) is 14.5 Å². The molecule has 4 heterocycles. The number of rotatable bonds is 3. The zero-order valence-corrected chi connectivity index (χ0v) is 16.9. The number of carbonyl (C=O) groups is 1. The van der Waals surface area contributed by atoms with Crippen molar-refractivity contribution in [3.05, 3.63) is 51.8 Å². The number of aromatic nitrogens is 2. The molecule has 156 valence electrons. The van der Waals surface area contributed by atoms with Crippen LogP contribution in [-0.2, 0) is 13.6 Å². The fourth-order valence-electron chi connectivity index (χ4n) is 4.01. The minimum atomic E-state index is -0.276. The molecular formula is C21H22N4O5. The summed E-state index contributed by atoms with van der Waals surface area (Å²) in [4.78, 5) is 33.9. The zero-order valence-electron chi connectivity index (χ0n) is 16.9. The Labute approximate surface area is 172 Å². The van der Waals surface area contributed by atoms with Crippen molar-refractivity contribution in [2.24, 2.45) is 7.05 Å². The van der Waals surface area contributed by atoms with E-state index in [2.05, 4.69) is 9.88 Å². The second-order valence-corrected chi connectivity index (χ2v) is 7.63. The van der Waals surface area contributed by atoms with Gasteiger partial charge in [0.15, 0.2) is 11.5 Å². The average molecular weight is 410 g/mol. The van der Waals surface area contributed by atoms with Gasteiger partial charge < -0.3 is 23.4 Å². The molecule has 0 aliphatic carbocycles. The van der Waals surface area contributed by atoms with Crippen LogP contribution in [0.15, 0.2) is 33.7 Å². The van der Waals surface area contributed by atoms with E-state index in [0.717, 1.165) is 36.7 Å². The van der Waals surface area contributed by atoms with Crippen molar-refractivity contribution >= 4 is 17.0 Å². The third kappa shape index (κ3) is 3.11. The van der Waals surface area contributed by atoms with Crippen LogP contribution in [0.1, 0.15) is 21.7 Å². The van der Waals surface area contributed by atoms with E-state index in [1.54, 1.807) is 18.9 Å². The summed E-state index contributed by atoms with van der Waals surface area (Å²) < 4.78 is 17.7. The lowest BCUT2D eigenvalue weighted by molar-refractivity contribution is 0.0628. The molecule has 1 fully saturated rings. The van der Waals surface area contributed by atoms with Crippen LogP contribution in [0.5, 0.6) is 11.5 Å². The zero-order chi connectivity index (χ0) is 20.8. The maximum absolute atomic E-state index is 13.2. The first-order valence-electron chi connectivity index (χ1n) is 9.86. The SMILES string of the molecule is Cc1oc2ncn(C)c(=O)c2c1C(=O)N1CCN(Cc2ccc3c(c2)OCO3)CC1. The molecule has 0 spiro atoms. The van der Waals surface area contributed by atoms with Crippen LogP contribution >= 0.6 is 0 Å². The third-order valence-corrected chi connectivity index (χ3v) is 5.66. The van der Waals surface area contributed by atoms with Gasteiger partial charge in [0.2, 0.25) is 12.5 Å². The molecule has 30 heavy (non-hydrogen) atoms. The Morgan fingerprint density at radius 2 is 1.90 bits per heavy atom. The van der Waals surface area contributed by atoms with Crippen molar-refractivity contribution in [2.45, 2.75) is 13.5 Å². The smallest absolute Gasteiger partial charge is 0.265 e. The van der Waals surface area contributed by atoms with Gasteiger partial charge in [-0.15, -0.1) is 0 Å². The van der Waals surface area contributed by atoms with Crippen LogP contribution in [0.4, 0.5) is 0 Å². The normalized spacial score (nSPS) is 16.4. The van der Waals surface area contributed by atoms with Crippen LogP contribution in [0.2, 0.25) is 0 Å². The second-order valence-electron chi connectivity index (χ2n) is 7.63. The summed E-state index contributed by atoms with van der Waals surface area (Å²) in [6.45, 7) is 5.38. The van der Waals surface area contributed by atoms with Gasteiger partial charge in [-0.05, 0) is 24.6 Å². The highest BCUT2D eigenvalue weighted by Gasteiger charge is 2.29. The third-order valence-electron chi connectivity index (χ3n) is 5.66. The monoisotopic (exact) mass is 410 g/mol. The first-order chi connectivity index (χ1) is 14.5. The summed E-state index contributed by atoms with van der Waals surface area (Å²) in [6.07, 6.45) is 1.40. The van der Waals surface area contributed by atoms with Crippen molar-refractivity contribution in [3.8, 4) is 11.5 Å². The molecule has 2 aliphatic rings. The summed E-state index contributed by atoms with van der Waals surface area (Å²) in [5.41, 5.74) is 1.40. The first-order valence-corrected chi connectivity index (χ1v) is 9.86. The maximum Gasteiger partial charge on any atom is 0.265 e. The number of hydrogen-bond acceptors (Lipinski definition) is 7. The predicted octanol–water partition coefficient (Wildman–Crippen LogP) is 1.52. The number of furan rings is 1. The number of fused-ring (bicyclic) bond motifs is 2. The number of benzene rings is 1. The standard InChI is InChI=1S/C21H22N4O5/c1-13-17(18-19(30-13)22-11-23(2)20(18)26)21(27)25-7-5-24(6-8-25)10-14-3-4-15-16(9-14)29-12-28-15/h3-4,9,11H,5-8,10,12H2,1-2H3. The molecule has 0 unspecified atom stereocenters. The number of nitrogens with zero attached hydrogens (tertiary/aromatic N) is 4. The quantitative estimate of drug-likeness (QED) is 0.647. The lowest BCUT2D eigenvalue weighted by atomic mass is 10.1. The van der Waals surface area contributed by atoms with Gasteiger partial charge >= 0.3 is 0 Å². The van der Waals surface area contributed by atoms with Crippen LogP contribution in [0.25, 0.3) is 11.1 Å². The second kappa shape index (κ2) is 7.17. The lowest BCUT2D eigenvalue weighted by Crippen LogP contribution is -2.48. The number of piperazine rings is 1. The Balaban J connectivity index is 1.30. The number of carbonyl (C=O) groups excluding carboxylic acids is 1. The average Bonchev–Trinajstić information content (AvgIpc) is 3.34. The first kappa shape index (κ1) is 18.7. The molecule has 0 saturated carbocycles. The van der Waals surface area contributed by atoms with Gasteiger partial charge in [0.25, 0.3) is 11.5 Å². The van der Waals surface area contributed by atoms with E-state index in [1.165, 1.54) is 10.9 Å². The number of hydrogen-bond donors (Lipinski definition) is 0. The summed E-state index contributed by atoms with van der Waals surface area (Å²) in [5, 5.41) is 0.255. The number of amides is 1. The van der Waals surface area contributed by atoms with Crippen LogP contribution in [0.3, 0.4) is 0 Å². The van der Waals surface area contributed by atoms with Crippen molar-refractivity contribution in [1.29, 1.82) is 0 Å². The van der Waals surface area contributed by atoms with Gasteiger partial charge in [-0.1, -0.05) is 6.07 Å². The van der Waals surface area contributed by atoms with Gasteiger partial charge in [0.05, 0.1) is 5.56 Å². The van der Waals surface area contributed by atoms with Gasteiger partial charge in [-0.25, -0.2) is 4.98 Å². The van der Waals surface area contributed by atoms with Gasteiger partial charge in [-0.2, -0.15) is 0 Å². The van der Waals surface area contributed by atoms with Crippen LogP contribution < -0.4 is 15.0 Å². The molecule has 0 atom stereocenters. The molecule has 1 amide bonds. The molecule has 2 aliphatic heterocycles. The highest BCUT2D eigenvalue weighted by molar-refractivity contribution is 6.06. The molecule has 9 heteroatoms. The number of aryl methyl sites for hydroxylation is 2. The molecule has 5 rings (SSSR count). The van der Waals surface area contributed by atoms with E-state index in [0.29, 0.717) is 24.4 Å². The molecule has 0 N–H and O–H groups in total. The molecule has 1 saturated heterocycles. The fourth-order valence-corrected chi connectivity index (χ4v) is 4.01. The van der Waals surface area contributed by atoms with Crippen molar-refractivity contribution in [3.63, 3.8) is 0 Å². The van der Waals surface area contributed by atoms with E-state index in [1.807, 2.05) is 18.2 Å². The summed E-state index contributed by atoms with van der Waals surface area (Å²) in [5.74, 6) is 1.80. The van der Waals surface area contributed by atoms with E-state index in [-0.39, 0.29) is 29.4 Å². The lowest BCUT2D eigenvalue weighted by Gasteiger charge is -2.34. The number of ether oxygens (including phenoxy) is 2. The Kier molecular flexibility index (Phi) is 4.47. The van der Waals surface area contributed by atoms with E-state index in [4.69, 9.17) is 13.9 Å². The van der Waals surface area contributed by atoms with Crippen molar-refractivity contribution < 1.29 is 18.7 Å². The Morgan fingerprint density at radius 1 is 1.13 bits per heavy atom. The fraction of sp³-hybridized carbons (Fsp3) is 0.381. The molecular weight excluding hydrogens is 388 g/mol. The van der Waals surface area contributed by atoms with E-state index >= 15 is 0 Å². The van der Waals surface area contributed by atoms with Crippen LogP contribution in [-0.4, -0.2) is 58.2 Å². The highest BCUT2D eigenvalue weighted by Crippen LogP contribution is 2.33. The molecule has 0 bridgehead atoms. The predicted molar refractivity (Wildman–Crippen MR) is 108 cm³/mol. The molecule has 1 aromatic carbocycles. The van der Waals surface area contributed by atoms with Gasteiger partial charge in [0.1, 0.15) is 17.5 Å². The van der Waals surface area contributed by atoms with Crippen molar-refractivity contribution in [2.75, 3.05) is 33.0 Å². The minimum Gasteiger partial charge on any atom is -0.454 e. The van der Waals surface area contributed by atoms with E-state index in [9.17, 15) is 9.59 Å². The largest absolute Gasteiger partial charge is 0.454 e. The van der Waals surface area contributed by atoms with Crippen LogP contribution in [0, 0.1) is 6.92 Å². The molecule has 2 aromatic heterocycles. The minimum absolute atomic E-state index is 0.181. The summed E-state index contributed by atoms with van der Waals surface area (Å²) in [7, 11) is 1.61. The Bertz CT molecular complexity index is 1190. The summed E-state index contributed by atoms with van der Waals surface area (Å²) >= 11 is 0. The summed E-state index contributed by atoms with van der Waals surface area (Å²) in [6, 6.07) is 5.97. The van der Waals surface area contributed by atoms with Crippen molar-refractivity contribution in [1.82, 2.24) is 19.4 Å². The Hall–Kier alpha value is -3.33.